The fourth-order valence-electron chi connectivity index (χ4n) is 3.01. The van der Waals surface area contributed by atoms with E-state index in [-0.39, 0.29) is 5.43 Å². The van der Waals surface area contributed by atoms with Crippen LogP contribution in [0.15, 0.2) is 22.1 Å². The van der Waals surface area contributed by atoms with E-state index in [2.05, 4.69) is 15.2 Å². The van der Waals surface area contributed by atoms with Crippen molar-refractivity contribution in [1.29, 1.82) is 0 Å². The molecule has 0 amide bonds. The van der Waals surface area contributed by atoms with Crippen molar-refractivity contribution in [3.63, 3.8) is 0 Å². The van der Waals surface area contributed by atoms with E-state index < -0.39 is 11.8 Å². The molecule has 124 valence electrons. The first-order chi connectivity index (χ1) is 11.0. The maximum atomic E-state index is 12.0. The number of likely N-dealkylation sites (N-methyl/N-ethyl adjacent to an activating group) is 1. The number of piperazine rings is 1. The Hall–Kier alpha value is -2.19. The van der Waals surface area contributed by atoms with Crippen LogP contribution in [0, 0.1) is 0 Å². The first-order valence-corrected chi connectivity index (χ1v) is 7.72. The number of aryl methyl sites for hydroxylation is 1. The average Bonchev–Trinajstić information content (AvgIpc) is 2.55. The summed E-state index contributed by atoms with van der Waals surface area (Å²) in [7, 11) is 2.01. The lowest BCUT2D eigenvalue weighted by Gasteiger charge is -2.44. The molecule has 23 heavy (non-hydrogen) atoms. The molecular formula is C15H21N5O3. The number of rotatable bonds is 3. The van der Waals surface area contributed by atoms with Gasteiger partial charge in [-0.05, 0) is 14.0 Å². The van der Waals surface area contributed by atoms with Gasteiger partial charge in [0.05, 0.1) is 5.56 Å². The number of nitrogens with one attached hydrogen (secondary N) is 1. The number of hydrogen-bond donors (Lipinski definition) is 2. The SMILES string of the molecule is CCn1ccc(=O)c2c1NC(C(=O)O)(N1CCN(C)CC1)N=C2. The van der Waals surface area contributed by atoms with Gasteiger partial charge in [0.15, 0.2) is 5.43 Å². The minimum absolute atomic E-state index is 0.168. The van der Waals surface area contributed by atoms with Crippen molar-refractivity contribution in [2.75, 3.05) is 38.5 Å². The number of pyridine rings is 1. The minimum atomic E-state index is -1.56. The molecule has 1 aromatic heterocycles. The van der Waals surface area contributed by atoms with Gasteiger partial charge in [0.25, 0.3) is 5.79 Å². The predicted octanol–water partition coefficient (Wildman–Crippen LogP) is -0.302. The molecule has 3 rings (SSSR count). The van der Waals surface area contributed by atoms with Crippen LogP contribution in [-0.2, 0) is 11.3 Å². The van der Waals surface area contributed by atoms with Crippen molar-refractivity contribution in [3.05, 3.63) is 28.0 Å². The highest BCUT2D eigenvalue weighted by Gasteiger charge is 2.47. The van der Waals surface area contributed by atoms with Crippen LogP contribution in [0.3, 0.4) is 0 Å². The summed E-state index contributed by atoms with van der Waals surface area (Å²) in [4.78, 5) is 32.3. The Morgan fingerprint density at radius 3 is 2.70 bits per heavy atom. The number of aliphatic carboxylic acids is 1. The number of carboxylic acid groups (broad SMARTS) is 1. The summed E-state index contributed by atoms with van der Waals surface area (Å²) in [5, 5.41) is 12.9. The summed E-state index contributed by atoms with van der Waals surface area (Å²) in [6, 6.07) is 1.47. The number of anilines is 1. The van der Waals surface area contributed by atoms with E-state index in [1.807, 2.05) is 23.4 Å². The molecule has 1 atom stereocenters. The van der Waals surface area contributed by atoms with Gasteiger partial charge in [-0.25, -0.2) is 14.7 Å². The van der Waals surface area contributed by atoms with Gasteiger partial charge in [-0.2, -0.15) is 0 Å². The number of carboxylic acids is 1. The number of aliphatic imine (C=N–C) groups is 1. The molecule has 1 unspecified atom stereocenters. The Balaban J connectivity index is 2.04. The lowest BCUT2D eigenvalue weighted by atomic mass is 10.1. The summed E-state index contributed by atoms with van der Waals surface area (Å²) in [5.41, 5.74) is 0.235. The summed E-state index contributed by atoms with van der Waals surface area (Å²) < 4.78 is 1.83. The molecule has 2 aliphatic rings. The molecule has 0 saturated carbocycles. The second-order valence-electron chi connectivity index (χ2n) is 5.88. The smallest absolute Gasteiger partial charge is 0.369 e. The van der Waals surface area contributed by atoms with Gasteiger partial charge in [-0.15, -0.1) is 0 Å². The van der Waals surface area contributed by atoms with Crippen LogP contribution >= 0.6 is 0 Å². The molecule has 8 heteroatoms. The Bertz CT molecular complexity index is 706. The van der Waals surface area contributed by atoms with Crippen LogP contribution < -0.4 is 10.7 Å². The van der Waals surface area contributed by atoms with Gasteiger partial charge in [-0.1, -0.05) is 0 Å². The van der Waals surface area contributed by atoms with E-state index in [0.29, 0.717) is 31.0 Å². The second kappa shape index (κ2) is 5.78. The zero-order valence-electron chi connectivity index (χ0n) is 13.3. The summed E-state index contributed by atoms with van der Waals surface area (Å²) in [5.74, 6) is -2.11. The molecular weight excluding hydrogens is 298 g/mol. The lowest BCUT2D eigenvalue weighted by molar-refractivity contribution is -0.150. The van der Waals surface area contributed by atoms with Gasteiger partial charge in [0.2, 0.25) is 0 Å². The largest absolute Gasteiger partial charge is 0.477 e. The summed E-state index contributed by atoms with van der Waals surface area (Å²) in [6.45, 7) is 5.29. The molecule has 0 spiro atoms. The Morgan fingerprint density at radius 1 is 1.39 bits per heavy atom. The molecule has 3 heterocycles. The Kier molecular flexibility index (Phi) is 3.95. The molecule has 1 aromatic rings. The van der Waals surface area contributed by atoms with Gasteiger partial charge >= 0.3 is 5.97 Å². The highest BCUT2D eigenvalue weighted by atomic mass is 16.4. The molecule has 1 saturated heterocycles. The fraction of sp³-hybridized carbons (Fsp3) is 0.533. The average molecular weight is 319 g/mol. The highest BCUT2D eigenvalue weighted by molar-refractivity contribution is 5.94. The molecule has 8 nitrogen and oxygen atoms in total. The van der Waals surface area contributed by atoms with E-state index in [1.165, 1.54) is 12.3 Å². The molecule has 0 aromatic carbocycles. The zero-order chi connectivity index (χ0) is 16.6. The van der Waals surface area contributed by atoms with Crippen molar-refractivity contribution >= 4 is 18.0 Å². The van der Waals surface area contributed by atoms with Crippen molar-refractivity contribution in [1.82, 2.24) is 14.4 Å². The second-order valence-corrected chi connectivity index (χ2v) is 5.88. The van der Waals surface area contributed by atoms with Crippen LogP contribution in [0.4, 0.5) is 5.82 Å². The number of aromatic nitrogens is 1. The normalized spacial score (nSPS) is 25.0. The third-order valence-corrected chi connectivity index (χ3v) is 4.49. The maximum Gasteiger partial charge on any atom is 0.369 e. The first kappa shape index (κ1) is 15.7. The monoisotopic (exact) mass is 319 g/mol. The van der Waals surface area contributed by atoms with Crippen LogP contribution in [0.2, 0.25) is 0 Å². The third kappa shape index (κ3) is 2.53. The van der Waals surface area contributed by atoms with Crippen molar-refractivity contribution in [2.45, 2.75) is 19.3 Å². The molecule has 0 bridgehead atoms. The predicted molar refractivity (Wildman–Crippen MR) is 87.0 cm³/mol. The number of fused-ring (bicyclic) bond motifs is 1. The van der Waals surface area contributed by atoms with Crippen LogP contribution in [0.1, 0.15) is 12.5 Å². The highest BCUT2D eigenvalue weighted by Crippen LogP contribution is 2.27. The zero-order valence-corrected chi connectivity index (χ0v) is 13.3. The van der Waals surface area contributed by atoms with Crippen molar-refractivity contribution in [2.24, 2.45) is 4.99 Å². The first-order valence-electron chi connectivity index (χ1n) is 7.72. The number of nitrogens with zero attached hydrogens (tertiary/aromatic N) is 4. The van der Waals surface area contributed by atoms with Gasteiger partial charge in [0.1, 0.15) is 5.82 Å². The van der Waals surface area contributed by atoms with E-state index in [1.54, 1.807) is 6.20 Å². The van der Waals surface area contributed by atoms with E-state index in [4.69, 9.17) is 0 Å². The lowest BCUT2D eigenvalue weighted by Crippen LogP contribution is -2.64. The van der Waals surface area contributed by atoms with Crippen LogP contribution in [-0.4, -0.2) is 70.7 Å². The van der Waals surface area contributed by atoms with Crippen molar-refractivity contribution < 1.29 is 9.90 Å². The molecule has 0 radical (unpaired) electrons. The fourth-order valence-corrected chi connectivity index (χ4v) is 3.01. The molecule has 2 N–H and O–H groups in total. The molecule has 0 aliphatic carbocycles. The van der Waals surface area contributed by atoms with Gasteiger partial charge in [0, 0.05) is 51.2 Å². The topological polar surface area (TPSA) is 90.2 Å². The van der Waals surface area contributed by atoms with E-state index >= 15 is 0 Å². The minimum Gasteiger partial charge on any atom is -0.477 e. The van der Waals surface area contributed by atoms with Crippen LogP contribution in [0.25, 0.3) is 0 Å². The van der Waals surface area contributed by atoms with Crippen molar-refractivity contribution in [3.8, 4) is 0 Å². The maximum absolute atomic E-state index is 12.0. The molecule has 2 aliphatic heterocycles. The van der Waals surface area contributed by atoms with E-state index in [9.17, 15) is 14.7 Å². The number of hydrogen-bond acceptors (Lipinski definition) is 6. The third-order valence-electron chi connectivity index (χ3n) is 4.49. The standard InChI is InChI=1S/C15H21N5O3/c1-3-19-5-4-12(21)11-10-16-15(14(22)23,17-13(11)19)20-8-6-18(2)7-9-20/h4-5,10,17H,3,6-9H2,1-2H3,(H,22,23). The quantitative estimate of drug-likeness (QED) is 0.795. The van der Waals surface area contributed by atoms with E-state index in [0.717, 1.165) is 13.1 Å². The summed E-state index contributed by atoms with van der Waals surface area (Å²) >= 11 is 0. The Labute approximate surface area is 134 Å². The van der Waals surface area contributed by atoms with Gasteiger partial charge in [-0.3, -0.25) is 4.79 Å². The summed E-state index contributed by atoms with van der Waals surface area (Å²) in [6.07, 6.45) is 3.07. The molecule has 1 fully saturated rings. The Morgan fingerprint density at radius 2 is 2.09 bits per heavy atom. The van der Waals surface area contributed by atoms with Gasteiger partial charge < -0.3 is 19.9 Å². The van der Waals surface area contributed by atoms with Crippen LogP contribution in [0.5, 0.6) is 0 Å². The number of carbonyl (C=O) groups is 1.